The van der Waals surface area contributed by atoms with Crippen molar-refractivity contribution >= 4 is 5.70 Å². The van der Waals surface area contributed by atoms with Crippen molar-refractivity contribution in [1.29, 1.82) is 0 Å². The van der Waals surface area contributed by atoms with Gasteiger partial charge < -0.3 is 9.47 Å². The van der Waals surface area contributed by atoms with Crippen LogP contribution in [0.5, 0.6) is 0 Å². The summed E-state index contributed by atoms with van der Waals surface area (Å²) in [6.07, 6.45) is 7.45. The maximum atomic E-state index is 4.44. The number of likely N-dealkylation sites (tertiary alicyclic amines) is 1. The van der Waals surface area contributed by atoms with E-state index in [1.54, 1.807) is 0 Å². The molecule has 2 heterocycles. The number of piperidine rings is 1. The first kappa shape index (κ1) is 13.9. The van der Waals surface area contributed by atoms with Gasteiger partial charge in [-0.25, -0.2) is 4.98 Å². The lowest BCUT2D eigenvalue weighted by atomic mass is 9.92. The highest BCUT2D eigenvalue weighted by Gasteiger charge is 2.21. The van der Waals surface area contributed by atoms with Crippen molar-refractivity contribution in [3.05, 3.63) is 60.7 Å². The van der Waals surface area contributed by atoms with Crippen LogP contribution < -0.4 is 0 Å². The van der Waals surface area contributed by atoms with E-state index < -0.39 is 0 Å². The van der Waals surface area contributed by atoms with Crippen molar-refractivity contribution in [2.75, 3.05) is 13.1 Å². The van der Waals surface area contributed by atoms with Crippen molar-refractivity contribution in [2.24, 2.45) is 13.0 Å². The zero-order chi connectivity index (χ0) is 14.7. The van der Waals surface area contributed by atoms with Crippen molar-refractivity contribution in [3.8, 4) is 0 Å². The molecule has 1 aromatic carbocycles. The van der Waals surface area contributed by atoms with Gasteiger partial charge in [-0.05, 0) is 24.3 Å². The first-order valence-electron chi connectivity index (χ1n) is 7.69. The molecule has 0 atom stereocenters. The predicted molar refractivity (Wildman–Crippen MR) is 86.7 cm³/mol. The summed E-state index contributed by atoms with van der Waals surface area (Å²) in [5.74, 6) is 1.95. The fraction of sp³-hybridized carbons (Fsp3) is 0.389. The first-order valence-corrected chi connectivity index (χ1v) is 7.69. The smallest absolute Gasteiger partial charge is 0.108 e. The molecule has 3 heteroatoms. The molecule has 1 aromatic heterocycles. The third kappa shape index (κ3) is 3.18. The normalized spacial score (nSPS) is 16.1. The molecule has 0 saturated carbocycles. The van der Waals surface area contributed by atoms with Gasteiger partial charge in [-0.15, -0.1) is 0 Å². The summed E-state index contributed by atoms with van der Waals surface area (Å²) in [4.78, 5) is 6.86. The minimum Gasteiger partial charge on any atom is -0.372 e. The summed E-state index contributed by atoms with van der Waals surface area (Å²) < 4.78 is 2.13. The Morgan fingerprint density at radius 1 is 1.24 bits per heavy atom. The highest BCUT2D eigenvalue weighted by molar-refractivity contribution is 5.61. The number of rotatable bonds is 4. The second-order valence-electron chi connectivity index (χ2n) is 5.90. The van der Waals surface area contributed by atoms with Gasteiger partial charge in [0.1, 0.15) is 5.82 Å². The second kappa shape index (κ2) is 6.17. The molecule has 0 N–H and O–H groups in total. The molecule has 1 aliphatic heterocycles. The van der Waals surface area contributed by atoms with E-state index in [9.17, 15) is 0 Å². The summed E-state index contributed by atoms with van der Waals surface area (Å²) in [6, 6.07) is 10.5. The molecule has 0 aliphatic carbocycles. The SMILES string of the molecule is C=C(c1ccccc1)N1CCC(Cc2nccn2C)CC1. The Morgan fingerprint density at radius 2 is 1.95 bits per heavy atom. The quantitative estimate of drug-likeness (QED) is 0.857. The van der Waals surface area contributed by atoms with Crippen LogP contribution in [-0.4, -0.2) is 27.5 Å². The van der Waals surface area contributed by atoms with E-state index >= 15 is 0 Å². The van der Waals surface area contributed by atoms with Crippen molar-refractivity contribution < 1.29 is 0 Å². The third-order valence-electron chi connectivity index (χ3n) is 4.50. The Kier molecular flexibility index (Phi) is 4.09. The van der Waals surface area contributed by atoms with Crippen LogP contribution in [0.15, 0.2) is 49.3 Å². The number of aromatic nitrogens is 2. The molecule has 0 bridgehead atoms. The Morgan fingerprint density at radius 3 is 2.57 bits per heavy atom. The minimum absolute atomic E-state index is 0.742. The van der Waals surface area contributed by atoms with E-state index in [0.29, 0.717) is 0 Å². The van der Waals surface area contributed by atoms with Gasteiger partial charge in [-0.1, -0.05) is 36.9 Å². The third-order valence-corrected chi connectivity index (χ3v) is 4.50. The largest absolute Gasteiger partial charge is 0.372 e. The first-order chi connectivity index (χ1) is 10.2. The molecule has 110 valence electrons. The van der Waals surface area contributed by atoms with Crippen molar-refractivity contribution in [3.63, 3.8) is 0 Å². The van der Waals surface area contributed by atoms with Crippen LogP contribution in [0.25, 0.3) is 5.70 Å². The molecule has 1 saturated heterocycles. The number of aryl methyl sites for hydroxylation is 1. The lowest BCUT2D eigenvalue weighted by molar-refractivity contribution is 0.251. The lowest BCUT2D eigenvalue weighted by Crippen LogP contribution is -2.33. The van der Waals surface area contributed by atoms with Crippen molar-refractivity contribution in [1.82, 2.24) is 14.5 Å². The fourth-order valence-electron chi connectivity index (χ4n) is 3.07. The van der Waals surface area contributed by atoms with E-state index in [2.05, 4.69) is 58.4 Å². The Bertz CT molecular complexity index is 592. The van der Waals surface area contributed by atoms with Gasteiger partial charge in [-0.3, -0.25) is 0 Å². The zero-order valence-corrected chi connectivity index (χ0v) is 12.7. The molecule has 1 aliphatic rings. The molecular weight excluding hydrogens is 258 g/mol. The summed E-state index contributed by atoms with van der Waals surface area (Å²) in [6.45, 7) is 6.47. The van der Waals surface area contributed by atoms with Gasteiger partial charge in [0.2, 0.25) is 0 Å². The molecule has 21 heavy (non-hydrogen) atoms. The molecular formula is C18H23N3. The summed E-state index contributed by atoms with van der Waals surface area (Å²) in [5, 5.41) is 0. The van der Waals surface area contributed by atoms with Crippen LogP contribution in [-0.2, 0) is 13.5 Å². The van der Waals surface area contributed by atoms with Crippen LogP contribution >= 0.6 is 0 Å². The van der Waals surface area contributed by atoms with Gasteiger partial charge in [0, 0.05) is 44.6 Å². The highest BCUT2D eigenvalue weighted by Crippen LogP contribution is 2.26. The van der Waals surface area contributed by atoms with Crippen LogP contribution in [0.1, 0.15) is 24.2 Å². The molecule has 2 aromatic rings. The van der Waals surface area contributed by atoms with Crippen LogP contribution in [0.3, 0.4) is 0 Å². The van der Waals surface area contributed by atoms with Gasteiger partial charge in [0.15, 0.2) is 0 Å². The molecule has 1 fully saturated rings. The van der Waals surface area contributed by atoms with Crippen molar-refractivity contribution in [2.45, 2.75) is 19.3 Å². The summed E-state index contributed by atoms with van der Waals surface area (Å²) in [5.41, 5.74) is 2.39. The van der Waals surface area contributed by atoms with E-state index in [1.807, 2.05) is 12.4 Å². The van der Waals surface area contributed by atoms with Gasteiger partial charge in [0.05, 0.1) is 0 Å². The van der Waals surface area contributed by atoms with Crippen LogP contribution in [0.4, 0.5) is 0 Å². The van der Waals surface area contributed by atoms with Crippen LogP contribution in [0.2, 0.25) is 0 Å². The maximum Gasteiger partial charge on any atom is 0.108 e. The zero-order valence-electron chi connectivity index (χ0n) is 12.7. The van der Waals surface area contributed by atoms with Gasteiger partial charge in [-0.2, -0.15) is 0 Å². The van der Waals surface area contributed by atoms with E-state index in [4.69, 9.17) is 0 Å². The number of benzene rings is 1. The van der Waals surface area contributed by atoms with Gasteiger partial charge in [0.25, 0.3) is 0 Å². The van der Waals surface area contributed by atoms with E-state index in [0.717, 1.165) is 31.1 Å². The van der Waals surface area contributed by atoms with Crippen LogP contribution in [0, 0.1) is 5.92 Å². The number of hydrogen-bond donors (Lipinski definition) is 0. The molecule has 3 rings (SSSR count). The number of hydrogen-bond acceptors (Lipinski definition) is 2. The second-order valence-corrected chi connectivity index (χ2v) is 5.90. The topological polar surface area (TPSA) is 21.1 Å². The molecule has 0 unspecified atom stereocenters. The monoisotopic (exact) mass is 281 g/mol. The van der Waals surface area contributed by atoms with E-state index in [1.165, 1.54) is 24.2 Å². The number of imidazole rings is 1. The summed E-state index contributed by atoms with van der Waals surface area (Å²) >= 11 is 0. The Balaban J connectivity index is 1.56. The molecule has 0 amide bonds. The molecule has 3 nitrogen and oxygen atoms in total. The average molecular weight is 281 g/mol. The fourth-order valence-corrected chi connectivity index (χ4v) is 3.07. The maximum absolute atomic E-state index is 4.44. The minimum atomic E-state index is 0.742. The molecule has 0 radical (unpaired) electrons. The predicted octanol–water partition coefficient (Wildman–Crippen LogP) is 3.35. The Labute approximate surface area is 126 Å². The summed E-state index contributed by atoms with van der Waals surface area (Å²) in [7, 11) is 2.08. The standard InChI is InChI=1S/C18H23N3/c1-15(17-6-4-3-5-7-17)21-11-8-16(9-12-21)14-18-19-10-13-20(18)2/h3-7,10,13,16H,1,8-9,11-12,14H2,2H3. The Hall–Kier alpha value is -2.03. The number of nitrogens with zero attached hydrogens (tertiary/aromatic N) is 3. The lowest BCUT2D eigenvalue weighted by Gasteiger charge is -2.34. The average Bonchev–Trinajstić information content (AvgIpc) is 2.93. The van der Waals surface area contributed by atoms with E-state index in [-0.39, 0.29) is 0 Å². The molecule has 0 spiro atoms. The highest BCUT2D eigenvalue weighted by atomic mass is 15.1. The van der Waals surface area contributed by atoms with Gasteiger partial charge >= 0.3 is 0 Å².